The number of halogens is 4. The van der Waals surface area contributed by atoms with Crippen LogP contribution in [0, 0.1) is 5.13 Å². The molecule has 0 saturated carbocycles. The molecule has 0 unspecified atom stereocenters. The van der Waals surface area contributed by atoms with Crippen LogP contribution in [0.4, 0.5) is 33.2 Å². The second kappa shape index (κ2) is 13.9. The monoisotopic (exact) mass is 568 g/mol. The Morgan fingerprint density at radius 1 is 1.13 bits per heavy atom. The molecule has 3 rings (SSSR count). The van der Waals surface area contributed by atoms with Crippen molar-refractivity contribution >= 4 is 34.2 Å². The molecule has 0 aliphatic carbocycles. The van der Waals surface area contributed by atoms with Gasteiger partial charge in [-0.2, -0.15) is 17.6 Å². The highest BCUT2D eigenvalue weighted by Gasteiger charge is 2.36. The topological polar surface area (TPSA) is 105 Å². The average Bonchev–Trinajstić information content (AvgIpc) is 3.28. The van der Waals surface area contributed by atoms with Gasteiger partial charge in [-0.3, -0.25) is 9.78 Å². The summed E-state index contributed by atoms with van der Waals surface area (Å²) in [5.41, 5.74) is -1.30. The number of benzene rings is 1. The molecule has 3 aromatic rings. The Morgan fingerprint density at radius 2 is 1.87 bits per heavy atom. The molecule has 0 spiro atoms. The first-order valence-corrected chi connectivity index (χ1v) is 13.1. The Labute approximate surface area is 226 Å². The molecule has 0 aliphatic rings. The van der Waals surface area contributed by atoms with Gasteiger partial charge in [-0.15, -0.1) is 0 Å². The molecule has 39 heavy (non-hydrogen) atoms. The molecule has 0 saturated heterocycles. The maximum absolute atomic E-state index is 14.8. The van der Waals surface area contributed by atoms with Crippen LogP contribution in [0.1, 0.15) is 51.0 Å². The van der Waals surface area contributed by atoms with Crippen LogP contribution in [0.5, 0.6) is 5.75 Å². The van der Waals surface area contributed by atoms with Gasteiger partial charge >= 0.3 is 18.2 Å². The summed E-state index contributed by atoms with van der Waals surface area (Å²) in [6, 6.07) is 4.96. The number of hydrogen-bond acceptors (Lipinski definition) is 6. The second-order valence-electron chi connectivity index (χ2n) is 8.54. The minimum atomic E-state index is -4.83. The van der Waals surface area contributed by atoms with Crippen molar-refractivity contribution in [1.29, 1.82) is 0 Å². The van der Waals surface area contributed by atoms with E-state index in [2.05, 4.69) is 22.2 Å². The zero-order valence-electron chi connectivity index (χ0n) is 21.1. The Hall–Kier alpha value is -3.74. The number of urea groups is 1. The summed E-state index contributed by atoms with van der Waals surface area (Å²) in [6.45, 7) is 1.36. The van der Waals surface area contributed by atoms with Gasteiger partial charge in [0.1, 0.15) is 18.0 Å². The smallest absolute Gasteiger partial charge is 0.420 e. The fraction of sp³-hybridized carbons (Fsp3) is 0.385. The van der Waals surface area contributed by atoms with Crippen molar-refractivity contribution in [2.45, 2.75) is 51.6 Å². The predicted molar refractivity (Wildman–Crippen MR) is 139 cm³/mol. The van der Waals surface area contributed by atoms with E-state index in [9.17, 15) is 27.2 Å². The van der Waals surface area contributed by atoms with Gasteiger partial charge in [-0.25, -0.2) is 14.7 Å². The number of aliphatic carboxylic acids is 1. The van der Waals surface area contributed by atoms with Crippen molar-refractivity contribution in [1.82, 2.24) is 15.3 Å². The van der Waals surface area contributed by atoms with Crippen molar-refractivity contribution in [3.63, 3.8) is 0 Å². The van der Waals surface area contributed by atoms with Crippen molar-refractivity contribution in [3.05, 3.63) is 53.4 Å². The molecule has 0 fully saturated rings. The van der Waals surface area contributed by atoms with Crippen LogP contribution in [0.25, 0.3) is 11.3 Å². The highest BCUT2D eigenvalue weighted by atomic mass is 32.1. The third-order valence-corrected chi connectivity index (χ3v) is 6.41. The normalized spacial score (nSPS) is 11.3. The number of alkyl halides is 3. The maximum atomic E-state index is 14.8. The van der Waals surface area contributed by atoms with Crippen LogP contribution in [0.2, 0.25) is 0 Å². The van der Waals surface area contributed by atoms with E-state index < -0.39 is 41.2 Å². The number of carboxylic acid groups (broad SMARTS) is 1. The Kier molecular flexibility index (Phi) is 10.6. The zero-order valence-corrected chi connectivity index (χ0v) is 21.9. The largest absolute Gasteiger partial charge is 0.493 e. The fourth-order valence-electron chi connectivity index (χ4n) is 3.68. The first-order chi connectivity index (χ1) is 18.6. The lowest BCUT2D eigenvalue weighted by atomic mass is 10.1. The second-order valence-corrected chi connectivity index (χ2v) is 9.47. The van der Waals surface area contributed by atoms with E-state index in [0.29, 0.717) is 28.7 Å². The number of nitrogens with one attached hydrogen (secondary N) is 1. The van der Waals surface area contributed by atoms with E-state index in [1.807, 2.05) is 0 Å². The third-order valence-electron chi connectivity index (χ3n) is 5.58. The number of carbonyl (C=O) groups excluding carboxylic acids is 1. The Balaban J connectivity index is 1.93. The summed E-state index contributed by atoms with van der Waals surface area (Å²) in [4.78, 5) is 32.6. The lowest BCUT2D eigenvalue weighted by Gasteiger charge is -2.22. The van der Waals surface area contributed by atoms with Crippen LogP contribution >= 0.6 is 11.3 Å². The van der Waals surface area contributed by atoms with Crippen LogP contribution in [0.15, 0.2) is 42.7 Å². The molecule has 2 aromatic heterocycles. The van der Waals surface area contributed by atoms with Gasteiger partial charge in [0.25, 0.3) is 0 Å². The Bertz CT molecular complexity index is 1250. The van der Waals surface area contributed by atoms with Crippen molar-refractivity contribution in [2.75, 3.05) is 18.1 Å². The van der Waals surface area contributed by atoms with Gasteiger partial charge in [-0.1, -0.05) is 50.4 Å². The summed E-state index contributed by atoms with van der Waals surface area (Å²) in [5, 5.41) is 9.94. The number of carboxylic acids is 1. The third kappa shape index (κ3) is 8.37. The van der Waals surface area contributed by atoms with Gasteiger partial charge in [0.15, 0.2) is 0 Å². The molecular formula is C26H28F4N4O4S. The van der Waals surface area contributed by atoms with Gasteiger partial charge in [0.05, 0.1) is 17.9 Å². The molecule has 8 nitrogen and oxygen atoms in total. The van der Waals surface area contributed by atoms with Crippen molar-refractivity contribution < 1.29 is 37.0 Å². The number of carbonyl (C=O) groups is 2. The van der Waals surface area contributed by atoms with Gasteiger partial charge in [0.2, 0.25) is 10.3 Å². The molecule has 0 bridgehead atoms. The van der Waals surface area contributed by atoms with E-state index in [1.54, 1.807) is 6.07 Å². The number of ether oxygens (including phenoxy) is 1. The molecule has 0 aliphatic heterocycles. The lowest BCUT2D eigenvalue weighted by Crippen LogP contribution is -2.39. The summed E-state index contributed by atoms with van der Waals surface area (Å²) < 4.78 is 62.3. The lowest BCUT2D eigenvalue weighted by molar-refractivity contribution is -0.139. The molecule has 0 radical (unpaired) electrons. The summed E-state index contributed by atoms with van der Waals surface area (Å²) >= 11 is 0.417. The minimum absolute atomic E-state index is 0.0868. The molecule has 2 N–H and O–H groups in total. The molecule has 13 heteroatoms. The van der Waals surface area contributed by atoms with Gasteiger partial charge in [0, 0.05) is 18.0 Å². The standard InChI is InChI=1S/C26H28F4N4O4S/c1-2-3-4-5-6-7-13-38-20-11-10-18(14-19(20)26(28,29)30)34(24(37)32-16-21(35)36)25-33-22(23(27)39-25)17-9-8-12-31-15-17/h8-12,14-15H,2-7,13,16H2,1H3,(H,32,37)(H,35,36). The van der Waals surface area contributed by atoms with Crippen LogP contribution in [-0.2, 0) is 11.0 Å². The van der Waals surface area contributed by atoms with Crippen molar-refractivity contribution in [2.24, 2.45) is 0 Å². The van der Waals surface area contributed by atoms with Gasteiger partial charge < -0.3 is 15.2 Å². The van der Waals surface area contributed by atoms with Crippen LogP contribution in [-0.4, -0.2) is 40.2 Å². The number of anilines is 2. The van der Waals surface area contributed by atoms with E-state index >= 15 is 0 Å². The number of rotatable bonds is 13. The first kappa shape index (κ1) is 29.8. The molecule has 2 amide bonds. The number of pyridine rings is 1. The number of aromatic nitrogens is 2. The zero-order chi connectivity index (χ0) is 28.4. The SMILES string of the molecule is CCCCCCCCOc1ccc(N(C(=O)NCC(=O)O)c2nc(-c3cccnc3)c(F)s2)cc1C(F)(F)F. The molecule has 2 heterocycles. The van der Waals surface area contributed by atoms with E-state index in [4.69, 9.17) is 9.84 Å². The fourth-order valence-corrected chi connectivity index (χ4v) is 4.52. The van der Waals surface area contributed by atoms with Crippen LogP contribution in [0.3, 0.4) is 0 Å². The Morgan fingerprint density at radius 3 is 2.54 bits per heavy atom. The summed E-state index contributed by atoms with van der Waals surface area (Å²) in [7, 11) is 0. The quantitative estimate of drug-likeness (QED) is 0.169. The molecule has 1 aromatic carbocycles. The number of amides is 2. The summed E-state index contributed by atoms with van der Waals surface area (Å²) in [6.07, 6.45) is 3.60. The number of nitrogens with zero attached hydrogens (tertiary/aromatic N) is 3. The van der Waals surface area contributed by atoms with Gasteiger partial charge in [-0.05, 0) is 36.8 Å². The summed E-state index contributed by atoms with van der Waals surface area (Å²) in [5.74, 6) is -1.79. The number of hydrogen-bond donors (Lipinski definition) is 2. The maximum Gasteiger partial charge on any atom is 0.420 e. The predicted octanol–water partition coefficient (Wildman–Crippen LogP) is 7.03. The number of unbranched alkanes of at least 4 members (excludes halogenated alkanes) is 5. The molecular weight excluding hydrogens is 540 g/mol. The number of thiazole rings is 1. The highest BCUT2D eigenvalue weighted by Crippen LogP contribution is 2.41. The molecule has 0 atom stereocenters. The minimum Gasteiger partial charge on any atom is -0.493 e. The highest BCUT2D eigenvalue weighted by molar-refractivity contribution is 7.14. The first-order valence-electron chi connectivity index (χ1n) is 12.3. The van der Waals surface area contributed by atoms with E-state index in [1.165, 1.54) is 24.5 Å². The van der Waals surface area contributed by atoms with E-state index in [0.717, 1.165) is 38.2 Å². The van der Waals surface area contributed by atoms with Crippen LogP contribution < -0.4 is 15.0 Å². The van der Waals surface area contributed by atoms with Crippen molar-refractivity contribution in [3.8, 4) is 17.0 Å². The van der Waals surface area contributed by atoms with E-state index in [-0.39, 0.29) is 28.7 Å². The average molecular weight is 569 g/mol. The molecule has 210 valence electrons.